The van der Waals surface area contributed by atoms with Crippen molar-refractivity contribution < 1.29 is 41.9 Å². The van der Waals surface area contributed by atoms with Crippen molar-refractivity contribution in [2.45, 2.75) is 0 Å². The van der Waals surface area contributed by atoms with Crippen LogP contribution >= 0.6 is 13.5 Å². The minimum absolute atomic E-state index is 0. The Morgan fingerprint density at radius 3 is 1.00 bits per heavy atom. The summed E-state index contributed by atoms with van der Waals surface area (Å²) in [4.78, 5) is 0. The summed E-state index contributed by atoms with van der Waals surface area (Å²) >= 11 is 0. The van der Waals surface area contributed by atoms with Gasteiger partial charge >= 0.3 is 0 Å². The van der Waals surface area contributed by atoms with E-state index < -0.39 is 0 Å². The van der Waals surface area contributed by atoms with Gasteiger partial charge in [0, 0.05) is 65.8 Å². The Morgan fingerprint density at radius 2 is 1.00 bits per heavy atom. The van der Waals surface area contributed by atoms with E-state index >= 15 is 0 Å². The monoisotopic (exact) mass is 325 g/mol. The van der Waals surface area contributed by atoms with E-state index in [2.05, 4.69) is 0 Å². The van der Waals surface area contributed by atoms with Gasteiger partial charge in [-0.25, -0.2) is 0 Å². The fourth-order valence-corrected chi connectivity index (χ4v) is 0. The summed E-state index contributed by atoms with van der Waals surface area (Å²) in [5.74, 6) is 0. The number of rotatable bonds is 0. The molecule has 0 aliphatic heterocycles. The molecule has 0 nitrogen and oxygen atoms in total. The molecule has 0 aromatic heterocycles. The number of hydrogen-bond acceptors (Lipinski definition) is 0. The normalized spacial score (nSPS) is 0. The second kappa shape index (κ2) is 17.8. The molecule has 0 heterocycles. The van der Waals surface area contributed by atoms with E-state index in [1.165, 1.54) is 0 Å². The maximum Gasteiger partial charge on any atom is 0 e. The smallest absolute Gasteiger partial charge is 0 e. The maximum absolute atomic E-state index is 0. The Morgan fingerprint density at radius 1 is 1.00 bits per heavy atom. The van der Waals surface area contributed by atoms with Gasteiger partial charge in [0.2, 0.25) is 0 Å². The van der Waals surface area contributed by atoms with Crippen molar-refractivity contribution >= 4 is 37.4 Å². The van der Waals surface area contributed by atoms with Crippen molar-refractivity contribution in [1.82, 2.24) is 0 Å². The molecule has 0 aromatic rings. The van der Waals surface area contributed by atoms with Crippen LogP contribution < -0.4 is 0 Å². The summed E-state index contributed by atoms with van der Waals surface area (Å²) in [5, 5.41) is 0. The van der Waals surface area contributed by atoms with E-state index in [9.17, 15) is 0 Å². The van der Waals surface area contributed by atoms with Gasteiger partial charge in [-0.15, -0.1) is 0 Å². The summed E-state index contributed by atoms with van der Waals surface area (Å²) in [6.45, 7) is 0. The molecule has 0 spiro atoms. The van der Waals surface area contributed by atoms with E-state index in [0.29, 0.717) is 0 Å². The predicted octanol–water partition coefficient (Wildman–Crippen LogP) is -0.273. The molecule has 0 aromatic carbocycles. The molecule has 0 bridgehead atoms. The zero-order chi connectivity index (χ0) is 0. The minimum Gasteiger partial charge on any atom is -0.197 e. The molecule has 5 radical (unpaired) electrons. The Kier molecular flexibility index (Phi) is 139. The topological polar surface area (TPSA) is 0 Å². The standard InChI is InChI=1S/Ag.H2S.Sn.Zn/h;1H2;;. The molecule has 0 saturated carbocycles. The van der Waals surface area contributed by atoms with Gasteiger partial charge in [0.25, 0.3) is 0 Å². The first-order valence-electron chi connectivity index (χ1n) is 0. The Hall–Kier alpha value is 2.51. The van der Waals surface area contributed by atoms with Crippen molar-refractivity contribution in [2.24, 2.45) is 0 Å². The summed E-state index contributed by atoms with van der Waals surface area (Å²) in [5.41, 5.74) is 0. The average Bonchev–Trinajstić information content (AvgIpc) is 0. The summed E-state index contributed by atoms with van der Waals surface area (Å²) in [7, 11) is 0. The molecule has 0 amide bonds. The van der Waals surface area contributed by atoms with Gasteiger partial charge in [0.1, 0.15) is 0 Å². The molecule has 0 fully saturated rings. The molecule has 0 atom stereocenters. The van der Waals surface area contributed by atoms with Crippen molar-refractivity contribution in [3.8, 4) is 0 Å². The first kappa shape index (κ1) is 31.4. The third-order valence-corrected chi connectivity index (χ3v) is 0. The van der Waals surface area contributed by atoms with Crippen LogP contribution in [0.5, 0.6) is 0 Å². The Balaban J connectivity index is 0. The van der Waals surface area contributed by atoms with Crippen LogP contribution in [0.15, 0.2) is 0 Å². The van der Waals surface area contributed by atoms with Gasteiger partial charge < -0.3 is 0 Å². The van der Waals surface area contributed by atoms with Gasteiger partial charge in [-0.05, 0) is 0 Å². The molecule has 4 heteroatoms. The van der Waals surface area contributed by atoms with Crippen LogP contribution in [-0.2, 0) is 41.9 Å². The Bertz CT molecular complexity index is 8.00. The third-order valence-electron chi connectivity index (χ3n) is 0. The van der Waals surface area contributed by atoms with Crippen molar-refractivity contribution in [2.75, 3.05) is 0 Å². The summed E-state index contributed by atoms with van der Waals surface area (Å²) in [6.07, 6.45) is 0. The first-order chi connectivity index (χ1) is 0. The van der Waals surface area contributed by atoms with Gasteiger partial charge in [0.15, 0.2) is 0 Å². The molecular weight excluding hydrogens is 324 g/mol. The molecule has 25 valence electrons. The van der Waals surface area contributed by atoms with Gasteiger partial charge in [0.05, 0.1) is 0 Å². The zero-order valence-corrected chi connectivity index (χ0v) is 10.3. The molecule has 0 aliphatic carbocycles. The van der Waals surface area contributed by atoms with Gasteiger partial charge in [-0.2, -0.15) is 13.5 Å². The van der Waals surface area contributed by atoms with Crippen LogP contribution in [0, 0.1) is 0 Å². The second-order valence-corrected chi connectivity index (χ2v) is 0. The molecule has 0 unspecified atom stereocenters. The summed E-state index contributed by atoms with van der Waals surface area (Å²) < 4.78 is 0. The van der Waals surface area contributed by atoms with Crippen LogP contribution in [0.2, 0.25) is 0 Å². The van der Waals surface area contributed by atoms with Crippen molar-refractivity contribution in [3.63, 3.8) is 0 Å². The summed E-state index contributed by atoms with van der Waals surface area (Å²) in [6, 6.07) is 0. The van der Waals surface area contributed by atoms with Crippen LogP contribution in [0.1, 0.15) is 0 Å². The SMILES string of the molecule is S.[Ag].[Sn].[Zn]. The molecular formula is H2AgSSnZn. The van der Waals surface area contributed by atoms with Gasteiger partial charge in [-0.3, -0.25) is 0 Å². The average molecular weight is 326 g/mol. The fourth-order valence-electron chi connectivity index (χ4n) is 0. The van der Waals surface area contributed by atoms with Crippen LogP contribution in [-0.4, -0.2) is 23.9 Å². The van der Waals surface area contributed by atoms with Crippen LogP contribution in [0.25, 0.3) is 0 Å². The fraction of sp³-hybridized carbons (Fsp3) is 0. The molecule has 4 heavy (non-hydrogen) atoms. The minimum atomic E-state index is 0. The molecule has 0 rings (SSSR count). The molecule has 0 aliphatic rings. The first-order valence-corrected chi connectivity index (χ1v) is 0. The van der Waals surface area contributed by atoms with E-state index in [-0.39, 0.29) is 79.3 Å². The predicted molar refractivity (Wildman–Crippen MR) is 16.1 cm³/mol. The van der Waals surface area contributed by atoms with E-state index in [0.717, 1.165) is 0 Å². The molecule has 0 saturated heterocycles. The molecule has 0 N–H and O–H groups in total. The largest absolute Gasteiger partial charge is 0.197 e. The van der Waals surface area contributed by atoms with Crippen molar-refractivity contribution in [3.05, 3.63) is 0 Å². The second-order valence-electron chi connectivity index (χ2n) is 0. The number of hydrogen-bond donors (Lipinski definition) is 0. The van der Waals surface area contributed by atoms with E-state index in [1.54, 1.807) is 0 Å². The van der Waals surface area contributed by atoms with Crippen LogP contribution in [0.4, 0.5) is 0 Å². The Labute approximate surface area is 78.2 Å². The van der Waals surface area contributed by atoms with E-state index in [4.69, 9.17) is 0 Å². The van der Waals surface area contributed by atoms with Crippen molar-refractivity contribution in [1.29, 1.82) is 0 Å². The maximum atomic E-state index is 0. The van der Waals surface area contributed by atoms with Gasteiger partial charge in [-0.1, -0.05) is 0 Å². The van der Waals surface area contributed by atoms with Crippen LogP contribution in [0.3, 0.4) is 0 Å². The quantitative estimate of drug-likeness (QED) is 0.538. The third kappa shape index (κ3) is 8.82. The van der Waals surface area contributed by atoms with E-state index in [1.807, 2.05) is 0 Å². The zero-order valence-electron chi connectivity index (χ0n) is 2.01.